The number of hydrogen-bond acceptors (Lipinski definition) is 3. The van der Waals surface area contributed by atoms with Gasteiger partial charge in [-0.05, 0) is 22.0 Å². The first-order valence-corrected chi connectivity index (χ1v) is 5.52. The zero-order valence-corrected chi connectivity index (χ0v) is 10.0. The third kappa shape index (κ3) is 2.26. The lowest BCUT2D eigenvalue weighted by atomic mass is 10.3. The number of hydrogen-bond donors (Lipinski definition) is 1. The maximum atomic E-state index is 10.9. The van der Waals surface area contributed by atoms with Crippen molar-refractivity contribution in [2.24, 2.45) is 0 Å². The van der Waals surface area contributed by atoms with Crippen molar-refractivity contribution in [3.63, 3.8) is 0 Å². The molecule has 0 fully saturated rings. The summed E-state index contributed by atoms with van der Waals surface area (Å²) in [5.74, 6) is 0.932. The van der Waals surface area contributed by atoms with E-state index in [1.54, 1.807) is 6.07 Å². The van der Waals surface area contributed by atoms with E-state index in [-0.39, 0.29) is 4.90 Å². The topological polar surface area (TPSA) is 55.8 Å². The van der Waals surface area contributed by atoms with Crippen molar-refractivity contribution >= 4 is 27.0 Å². The van der Waals surface area contributed by atoms with E-state index in [0.717, 1.165) is 0 Å². The second-order valence-electron chi connectivity index (χ2n) is 2.39. The molecule has 0 saturated heterocycles. The molecule has 78 valence electrons. The minimum atomic E-state index is -2.05. The molecule has 0 aliphatic carbocycles. The zero-order chi connectivity index (χ0) is 10.7. The number of methoxy groups -OCH3 is 2. The van der Waals surface area contributed by atoms with E-state index >= 15 is 0 Å². The molecule has 0 aliphatic heterocycles. The standard InChI is InChI=1S/C8H9BrO4S/c1-12-6-3-5(9)8(14(10)11)4-7(6)13-2/h3-4H,1-2H3,(H,10,11). The van der Waals surface area contributed by atoms with Crippen LogP contribution in [0.25, 0.3) is 0 Å². The van der Waals surface area contributed by atoms with Crippen LogP contribution in [0.1, 0.15) is 0 Å². The average molecular weight is 281 g/mol. The molecule has 1 atom stereocenters. The Morgan fingerprint density at radius 1 is 1.29 bits per heavy atom. The van der Waals surface area contributed by atoms with Crippen LogP contribution >= 0.6 is 15.9 Å². The van der Waals surface area contributed by atoms with E-state index in [1.807, 2.05) is 0 Å². The van der Waals surface area contributed by atoms with Crippen LogP contribution in [-0.2, 0) is 11.1 Å². The second-order valence-corrected chi connectivity index (χ2v) is 4.18. The van der Waals surface area contributed by atoms with Gasteiger partial charge in [-0.2, -0.15) is 0 Å². The van der Waals surface area contributed by atoms with E-state index in [4.69, 9.17) is 14.0 Å². The number of ether oxygens (including phenoxy) is 2. The van der Waals surface area contributed by atoms with Gasteiger partial charge < -0.3 is 14.0 Å². The van der Waals surface area contributed by atoms with Crippen LogP contribution in [0.5, 0.6) is 11.5 Å². The SMILES string of the molecule is COc1cc(Br)c(S(=O)O)cc1OC. The Labute approximate surface area is 92.6 Å². The van der Waals surface area contributed by atoms with Crippen LogP contribution in [-0.4, -0.2) is 23.0 Å². The first kappa shape index (κ1) is 11.5. The predicted octanol–water partition coefficient (Wildman–Crippen LogP) is 2.05. The molecule has 0 radical (unpaired) electrons. The van der Waals surface area contributed by atoms with Crippen LogP contribution in [0.2, 0.25) is 0 Å². The van der Waals surface area contributed by atoms with Gasteiger partial charge in [0.1, 0.15) is 0 Å². The quantitative estimate of drug-likeness (QED) is 0.861. The summed E-state index contributed by atoms with van der Waals surface area (Å²) in [7, 11) is 2.97. The molecule has 1 N–H and O–H groups in total. The largest absolute Gasteiger partial charge is 0.493 e. The number of halogens is 1. The van der Waals surface area contributed by atoms with E-state index < -0.39 is 11.1 Å². The van der Waals surface area contributed by atoms with E-state index in [0.29, 0.717) is 16.0 Å². The van der Waals surface area contributed by atoms with Gasteiger partial charge in [0, 0.05) is 10.5 Å². The Morgan fingerprint density at radius 2 is 1.79 bits per heavy atom. The molecular formula is C8H9BrO4S. The van der Waals surface area contributed by atoms with Crippen LogP contribution in [0, 0.1) is 0 Å². The normalized spacial score (nSPS) is 12.3. The Bertz CT molecular complexity index is 367. The molecule has 0 saturated carbocycles. The third-order valence-corrected chi connectivity index (χ3v) is 3.26. The zero-order valence-electron chi connectivity index (χ0n) is 7.61. The third-order valence-electron chi connectivity index (χ3n) is 1.63. The monoisotopic (exact) mass is 280 g/mol. The molecule has 1 rings (SSSR count). The van der Waals surface area contributed by atoms with Crippen LogP contribution in [0.4, 0.5) is 0 Å². The molecule has 0 heterocycles. The Hall–Kier alpha value is -0.590. The van der Waals surface area contributed by atoms with Gasteiger partial charge >= 0.3 is 0 Å². The summed E-state index contributed by atoms with van der Waals surface area (Å²) in [5.41, 5.74) is 0. The van der Waals surface area contributed by atoms with Crippen molar-refractivity contribution < 1.29 is 18.2 Å². The van der Waals surface area contributed by atoms with Crippen molar-refractivity contribution in [2.45, 2.75) is 4.90 Å². The summed E-state index contributed by atoms with van der Waals surface area (Å²) < 4.78 is 30.3. The van der Waals surface area contributed by atoms with Crippen LogP contribution in [0.3, 0.4) is 0 Å². The molecule has 0 bridgehead atoms. The van der Waals surface area contributed by atoms with Gasteiger partial charge in [0.2, 0.25) is 0 Å². The fourth-order valence-electron chi connectivity index (χ4n) is 0.969. The smallest absolute Gasteiger partial charge is 0.187 e. The highest BCUT2D eigenvalue weighted by atomic mass is 79.9. The summed E-state index contributed by atoms with van der Waals surface area (Å²) >= 11 is 1.12. The van der Waals surface area contributed by atoms with E-state index in [2.05, 4.69) is 15.9 Å². The fourth-order valence-corrected chi connectivity index (χ4v) is 2.14. The number of rotatable bonds is 3. The predicted molar refractivity (Wildman–Crippen MR) is 56.3 cm³/mol. The van der Waals surface area contributed by atoms with Gasteiger partial charge in [0.15, 0.2) is 22.6 Å². The molecule has 0 amide bonds. The maximum absolute atomic E-state index is 10.9. The van der Waals surface area contributed by atoms with Crippen molar-refractivity contribution in [1.29, 1.82) is 0 Å². The molecule has 1 aromatic rings. The summed E-state index contributed by atoms with van der Waals surface area (Å²) in [6.07, 6.45) is 0. The van der Waals surface area contributed by atoms with Crippen LogP contribution in [0.15, 0.2) is 21.5 Å². The van der Waals surface area contributed by atoms with Crippen LogP contribution < -0.4 is 9.47 Å². The molecular weight excluding hydrogens is 272 g/mol. The maximum Gasteiger partial charge on any atom is 0.187 e. The lowest BCUT2D eigenvalue weighted by Gasteiger charge is -2.09. The van der Waals surface area contributed by atoms with Gasteiger partial charge in [0.25, 0.3) is 0 Å². The molecule has 1 aromatic carbocycles. The van der Waals surface area contributed by atoms with Gasteiger partial charge in [-0.15, -0.1) is 0 Å². The van der Waals surface area contributed by atoms with Gasteiger partial charge in [-0.1, -0.05) is 0 Å². The number of benzene rings is 1. The summed E-state index contributed by atoms with van der Waals surface area (Å²) in [4.78, 5) is 0.252. The van der Waals surface area contributed by atoms with E-state index in [9.17, 15) is 4.21 Å². The van der Waals surface area contributed by atoms with Gasteiger partial charge in [0.05, 0.1) is 19.1 Å². The average Bonchev–Trinajstić information content (AvgIpc) is 2.16. The second kappa shape index (κ2) is 4.77. The molecule has 0 aromatic heterocycles. The Kier molecular flexibility index (Phi) is 3.91. The van der Waals surface area contributed by atoms with Crippen molar-refractivity contribution in [3.05, 3.63) is 16.6 Å². The van der Waals surface area contributed by atoms with E-state index in [1.165, 1.54) is 20.3 Å². The van der Waals surface area contributed by atoms with Gasteiger partial charge in [-0.25, -0.2) is 4.21 Å². The molecule has 1 unspecified atom stereocenters. The van der Waals surface area contributed by atoms with Crippen molar-refractivity contribution in [3.8, 4) is 11.5 Å². The fraction of sp³-hybridized carbons (Fsp3) is 0.250. The van der Waals surface area contributed by atoms with Crippen molar-refractivity contribution in [2.75, 3.05) is 14.2 Å². The summed E-state index contributed by atoms with van der Waals surface area (Å²) in [5, 5.41) is 0. The summed E-state index contributed by atoms with van der Waals surface area (Å²) in [6.45, 7) is 0. The summed E-state index contributed by atoms with van der Waals surface area (Å²) in [6, 6.07) is 3.04. The highest BCUT2D eigenvalue weighted by Gasteiger charge is 2.12. The molecule has 0 aliphatic rings. The molecule has 0 spiro atoms. The van der Waals surface area contributed by atoms with Gasteiger partial charge in [-0.3, -0.25) is 0 Å². The first-order valence-electron chi connectivity index (χ1n) is 3.62. The minimum absolute atomic E-state index is 0.252. The lowest BCUT2D eigenvalue weighted by molar-refractivity contribution is 0.353. The Morgan fingerprint density at radius 3 is 2.21 bits per heavy atom. The highest BCUT2D eigenvalue weighted by molar-refractivity contribution is 9.10. The first-order chi connectivity index (χ1) is 6.60. The minimum Gasteiger partial charge on any atom is -0.493 e. The molecule has 14 heavy (non-hydrogen) atoms. The van der Waals surface area contributed by atoms with Crippen molar-refractivity contribution in [1.82, 2.24) is 0 Å². The lowest BCUT2D eigenvalue weighted by Crippen LogP contribution is -1.95. The Balaban J connectivity index is 3.30. The highest BCUT2D eigenvalue weighted by Crippen LogP contribution is 2.34. The molecule has 6 heteroatoms. The molecule has 4 nitrogen and oxygen atoms in total.